The smallest absolute Gasteiger partial charge is 0.253 e. The summed E-state index contributed by atoms with van der Waals surface area (Å²) in [5, 5.41) is 10.0. The normalized spacial score (nSPS) is 14.7. The van der Waals surface area contributed by atoms with Gasteiger partial charge in [0.1, 0.15) is 0 Å². The number of nitrogens with one attached hydrogen (secondary N) is 2. The van der Waals surface area contributed by atoms with Crippen LogP contribution in [0.5, 0.6) is 0 Å². The average molecular weight is 476 g/mol. The zero-order valence-electron chi connectivity index (χ0n) is 20.6. The van der Waals surface area contributed by atoms with Crippen LogP contribution in [0.1, 0.15) is 48.5 Å². The van der Waals surface area contributed by atoms with Crippen molar-refractivity contribution in [2.45, 2.75) is 40.2 Å². The molecule has 1 fully saturated rings. The number of likely N-dealkylation sites (tertiary alicyclic amines) is 1. The Morgan fingerprint density at radius 2 is 1.80 bits per heavy atom. The average Bonchev–Trinajstić information content (AvgIpc) is 3.31. The molecule has 1 aromatic heterocycles. The summed E-state index contributed by atoms with van der Waals surface area (Å²) in [5.41, 5.74) is 3.11. The topological polar surface area (TPSA) is 100 Å². The van der Waals surface area contributed by atoms with Crippen LogP contribution in [0.2, 0.25) is 0 Å². The maximum absolute atomic E-state index is 13.0. The first-order chi connectivity index (χ1) is 16.9. The number of aryl methyl sites for hydroxylation is 1. The Labute approximate surface area is 206 Å². The van der Waals surface area contributed by atoms with Crippen molar-refractivity contribution in [1.29, 1.82) is 0 Å². The lowest BCUT2D eigenvalue weighted by Gasteiger charge is -2.30. The summed E-state index contributed by atoms with van der Waals surface area (Å²) in [5.74, 6) is 1.20. The van der Waals surface area contributed by atoms with Gasteiger partial charge in [0.05, 0.1) is 17.8 Å². The van der Waals surface area contributed by atoms with E-state index in [-0.39, 0.29) is 17.7 Å². The number of carbonyl (C=O) groups excluding carboxylic acids is 2. The standard InChI is InChI=1S/C27H33N5O3/c1-18(2)16-28-27(34)22-10-6-7-11-23(22)29-26(33)20-12-14-32(15-13-20)17-24-30-25(31-35-24)21-9-5-4-8-19(21)3/h4-11,18,20H,12-17H2,1-3H3,(H,28,34)(H,29,33). The van der Waals surface area contributed by atoms with Crippen molar-refractivity contribution in [2.75, 3.05) is 25.0 Å². The van der Waals surface area contributed by atoms with Crippen LogP contribution in [0.25, 0.3) is 11.4 Å². The van der Waals surface area contributed by atoms with Gasteiger partial charge in [-0.1, -0.05) is 55.4 Å². The summed E-state index contributed by atoms with van der Waals surface area (Å²) in [4.78, 5) is 32.3. The maximum atomic E-state index is 13.0. The lowest BCUT2D eigenvalue weighted by molar-refractivity contribution is -0.121. The number of rotatable bonds is 8. The van der Waals surface area contributed by atoms with Crippen LogP contribution >= 0.6 is 0 Å². The molecule has 0 unspecified atom stereocenters. The molecule has 0 spiro atoms. The number of aromatic nitrogens is 2. The van der Waals surface area contributed by atoms with Gasteiger partial charge >= 0.3 is 0 Å². The number of anilines is 1. The monoisotopic (exact) mass is 475 g/mol. The maximum Gasteiger partial charge on any atom is 0.253 e. The molecule has 2 heterocycles. The molecule has 1 aliphatic rings. The number of amides is 2. The van der Waals surface area contributed by atoms with Crippen molar-refractivity contribution in [1.82, 2.24) is 20.4 Å². The predicted molar refractivity (Wildman–Crippen MR) is 135 cm³/mol. The van der Waals surface area contributed by atoms with E-state index in [0.29, 0.717) is 42.0 Å². The van der Waals surface area contributed by atoms with Crippen LogP contribution in [0, 0.1) is 18.8 Å². The van der Waals surface area contributed by atoms with Gasteiger partial charge in [-0.15, -0.1) is 0 Å². The van der Waals surface area contributed by atoms with Crippen molar-refractivity contribution in [3.8, 4) is 11.4 Å². The molecule has 1 saturated heterocycles. The molecule has 0 aliphatic carbocycles. The fraction of sp³-hybridized carbons (Fsp3) is 0.407. The van der Waals surface area contributed by atoms with Gasteiger partial charge in [-0.25, -0.2) is 0 Å². The van der Waals surface area contributed by atoms with Crippen molar-refractivity contribution in [3.05, 3.63) is 65.5 Å². The molecule has 0 bridgehead atoms. The molecular weight excluding hydrogens is 442 g/mol. The highest BCUT2D eigenvalue weighted by Crippen LogP contribution is 2.24. The van der Waals surface area contributed by atoms with Crippen LogP contribution < -0.4 is 10.6 Å². The van der Waals surface area contributed by atoms with Gasteiger partial charge < -0.3 is 15.2 Å². The van der Waals surface area contributed by atoms with Gasteiger partial charge in [-0.05, 0) is 56.5 Å². The molecule has 1 aliphatic heterocycles. The van der Waals surface area contributed by atoms with E-state index in [4.69, 9.17) is 4.52 Å². The molecule has 0 atom stereocenters. The molecule has 2 aromatic carbocycles. The zero-order valence-corrected chi connectivity index (χ0v) is 20.6. The number of hydrogen-bond acceptors (Lipinski definition) is 6. The number of benzene rings is 2. The van der Waals surface area contributed by atoms with Crippen LogP contribution in [0.15, 0.2) is 53.1 Å². The van der Waals surface area contributed by atoms with Gasteiger partial charge in [-0.2, -0.15) is 4.98 Å². The molecular formula is C27H33N5O3. The van der Waals surface area contributed by atoms with Crippen LogP contribution in [0.4, 0.5) is 5.69 Å². The Balaban J connectivity index is 1.30. The Morgan fingerprint density at radius 3 is 2.54 bits per heavy atom. The molecule has 0 radical (unpaired) electrons. The molecule has 184 valence electrons. The van der Waals surface area contributed by atoms with Crippen LogP contribution in [0.3, 0.4) is 0 Å². The van der Waals surface area contributed by atoms with Gasteiger partial charge in [-0.3, -0.25) is 14.5 Å². The second kappa shape index (κ2) is 11.3. The Morgan fingerprint density at radius 1 is 1.09 bits per heavy atom. The number of nitrogens with zero attached hydrogens (tertiary/aromatic N) is 3. The molecule has 0 saturated carbocycles. The molecule has 4 rings (SSSR count). The largest absolute Gasteiger partial charge is 0.352 e. The number of para-hydroxylation sites is 1. The third kappa shape index (κ3) is 6.33. The zero-order chi connectivity index (χ0) is 24.8. The highest BCUT2D eigenvalue weighted by molar-refractivity contribution is 6.04. The molecule has 8 heteroatoms. The lowest BCUT2D eigenvalue weighted by Crippen LogP contribution is -2.38. The summed E-state index contributed by atoms with van der Waals surface area (Å²) < 4.78 is 5.48. The van der Waals surface area contributed by atoms with E-state index in [1.807, 2.05) is 51.1 Å². The Bertz CT molecular complexity index is 1160. The second-order valence-corrected chi connectivity index (χ2v) is 9.52. The molecule has 8 nitrogen and oxygen atoms in total. The summed E-state index contributed by atoms with van der Waals surface area (Å²) in [7, 11) is 0. The van der Waals surface area contributed by atoms with Gasteiger partial charge in [0.2, 0.25) is 17.6 Å². The predicted octanol–water partition coefficient (Wildman–Crippen LogP) is 4.28. The number of piperidine rings is 1. The van der Waals surface area contributed by atoms with E-state index in [1.54, 1.807) is 18.2 Å². The van der Waals surface area contributed by atoms with Crippen molar-refractivity contribution < 1.29 is 14.1 Å². The van der Waals surface area contributed by atoms with Crippen molar-refractivity contribution >= 4 is 17.5 Å². The third-order valence-corrected chi connectivity index (χ3v) is 6.27. The Hall–Kier alpha value is -3.52. The third-order valence-electron chi connectivity index (χ3n) is 6.27. The highest BCUT2D eigenvalue weighted by Gasteiger charge is 2.27. The minimum absolute atomic E-state index is 0.0478. The van der Waals surface area contributed by atoms with E-state index < -0.39 is 0 Å². The first-order valence-corrected chi connectivity index (χ1v) is 12.2. The fourth-order valence-electron chi connectivity index (χ4n) is 4.21. The molecule has 35 heavy (non-hydrogen) atoms. The van der Waals surface area contributed by atoms with E-state index in [0.717, 1.165) is 37.1 Å². The van der Waals surface area contributed by atoms with Crippen LogP contribution in [-0.2, 0) is 11.3 Å². The van der Waals surface area contributed by atoms with E-state index in [2.05, 4.69) is 25.7 Å². The van der Waals surface area contributed by atoms with Crippen LogP contribution in [-0.4, -0.2) is 46.5 Å². The van der Waals surface area contributed by atoms with Crippen molar-refractivity contribution in [3.63, 3.8) is 0 Å². The minimum atomic E-state index is -0.172. The second-order valence-electron chi connectivity index (χ2n) is 9.52. The summed E-state index contributed by atoms with van der Waals surface area (Å²) in [6.45, 7) is 8.78. The van der Waals surface area contributed by atoms with E-state index in [1.165, 1.54) is 0 Å². The number of carbonyl (C=O) groups is 2. The fourth-order valence-corrected chi connectivity index (χ4v) is 4.21. The summed E-state index contributed by atoms with van der Waals surface area (Å²) >= 11 is 0. The van der Waals surface area contributed by atoms with Gasteiger partial charge in [0.15, 0.2) is 0 Å². The first kappa shape index (κ1) is 24.6. The first-order valence-electron chi connectivity index (χ1n) is 12.2. The summed E-state index contributed by atoms with van der Waals surface area (Å²) in [6.07, 6.45) is 1.46. The lowest BCUT2D eigenvalue weighted by atomic mass is 9.95. The Kier molecular flexibility index (Phi) is 7.92. The van der Waals surface area contributed by atoms with Crippen molar-refractivity contribution in [2.24, 2.45) is 11.8 Å². The summed E-state index contributed by atoms with van der Waals surface area (Å²) in [6, 6.07) is 15.1. The van der Waals surface area contributed by atoms with E-state index in [9.17, 15) is 9.59 Å². The number of hydrogen-bond donors (Lipinski definition) is 2. The molecule has 3 aromatic rings. The molecule has 2 amide bonds. The highest BCUT2D eigenvalue weighted by atomic mass is 16.5. The van der Waals surface area contributed by atoms with Gasteiger partial charge in [0.25, 0.3) is 5.91 Å². The van der Waals surface area contributed by atoms with E-state index >= 15 is 0 Å². The SMILES string of the molecule is Cc1ccccc1-c1noc(CN2CCC(C(=O)Nc3ccccc3C(=O)NCC(C)C)CC2)n1. The molecule has 2 N–H and O–H groups in total. The minimum Gasteiger partial charge on any atom is -0.352 e. The van der Waals surface area contributed by atoms with Gasteiger partial charge in [0, 0.05) is 18.0 Å². The quantitative estimate of drug-likeness (QED) is 0.504.